The number of hydrogen-bond donors (Lipinski definition) is 1. The zero-order valence-corrected chi connectivity index (χ0v) is 13.9. The van der Waals surface area contributed by atoms with Crippen LogP contribution in [0.1, 0.15) is 23.7 Å². The quantitative estimate of drug-likeness (QED) is 0.778. The summed E-state index contributed by atoms with van der Waals surface area (Å²) in [5.41, 5.74) is 8.25. The van der Waals surface area contributed by atoms with Crippen molar-refractivity contribution in [2.45, 2.75) is 13.3 Å². The summed E-state index contributed by atoms with van der Waals surface area (Å²) >= 11 is 0. The maximum atomic E-state index is 12.5. The lowest BCUT2D eigenvalue weighted by Crippen LogP contribution is -2.33. The second-order valence-electron chi connectivity index (χ2n) is 5.71. The van der Waals surface area contributed by atoms with E-state index in [1.54, 1.807) is 6.07 Å². The topological polar surface area (TPSA) is 52.8 Å². The first-order valence-corrected chi connectivity index (χ1v) is 7.37. The smallest absolute Gasteiger partial charge is 0.253 e. The van der Waals surface area contributed by atoms with Gasteiger partial charge in [-0.3, -0.25) is 4.79 Å². The highest BCUT2D eigenvalue weighted by molar-refractivity contribution is 5.96. The highest BCUT2D eigenvalue weighted by atomic mass is 16.2. The molecule has 2 N–H and O–H groups in total. The minimum atomic E-state index is 0.0493. The van der Waals surface area contributed by atoms with E-state index in [-0.39, 0.29) is 5.91 Å². The standard InChI is InChI=1S/C16H28N4O/c1-6-20(11-7-10-18(2)3)16(21)13-8-9-15(19(4)5)14(17)12-13/h8-9,12H,6-7,10-11,17H2,1-5H3. The second-order valence-corrected chi connectivity index (χ2v) is 5.71. The fourth-order valence-electron chi connectivity index (χ4n) is 2.26. The van der Waals surface area contributed by atoms with Gasteiger partial charge in [-0.15, -0.1) is 0 Å². The molecule has 0 fully saturated rings. The van der Waals surface area contributed by atoms with Gasteiger partial charge in [0.25, 0.3) is 5.91 Å². The highest BCUT2D eigenvalue weighted by Gasteiger charge is 2.15. The number of benzene rings is 1. The van der Waals surface area contributed by atoms with Crippen molar-refractivity contribution in [2.75, 3.05) is 58.5 Å². The van der Waals surface area contributed by atoms with E-state index >= 15 is 0 Å². The number of nitrogens with zero attached hydrogens (tertiary/aromatic N) is 3. The molecule has 1 aromatic rings. The highest BCUT2D eigenvalue weighted by Crippen LogP contribution is 2.23. The van der Waals surface area contributed by atoms with Crippen molar-refractivity contribution in [1.82, 2.24) is 9.80 Å². The van der Waals surface area contributed by atoms with Gasteiger partial charge in [-0.05, 0) is 52.2 Å². The SMILES string of the molecule is CCN(CCCN(C)C)C(=O)c1ccc(N(C)C)c(N)c1. The third kappa shape index (κ3) is 4.93. The van der Waals surface area contributed by atoms with E-state index in [9.17, 15) is 4.79 Å². The van der Waals surface area contributed by atoms with Crippen LogP contribution in [0, 0.1) is 0 Å². The Kier molecular flexibility index (Phi) is 6.49. The second kappa shape index (κ2) is 7.88. The predicted molar refractivity (Wildman–Crippen MR) is 89.9 cm³/mol. The summed E-state index contributed by atoms with van der Waals surface area (Å²) in [5, 5.41) is 0. The normalized spacial score (nSPS) is 10.8. The van der Waals surface area contributed by atoms with Gasteiger partial charge in [0, 0.05) is 32.7 Å². The Labute approximate surface area is 128 Å². The van der Waals surface area contributed by atoms with E-state index in [2.05, 4.69) is 4.90 Å². The Morgan fingerprint density at radius 2 is 1.81 bits per heavy atom. The minimum absolute atomic E-state index is 0.0493. The summed E-state index contributed by atoms with van der Waals surface area (Å²) < 4.78 is 0. The molecule has 5 heteroatoms. The minimum Gasteiger partial charge on any atom is -0.397 e. The summed E-state index contributed by atoms with van der Waals surface area (Å²) in [4.78, 5) is 18.5. The molecule has 0 heterocycles. The molecule has 0 saturated heterocycles. The van der Waals surface area contributed by atoms with Crippen LogP contribution in [0.2, 0.25) is 0 Å². The Hall–Kier alpha value is -1.75. The monoisotopic (exact) mass is 292 g/mol. The molecule has 1 amide bonds. The van der Waals surface area contributed by atoms with Gasteiger partial charge in [0.05, 0.1) is 11.4 Å². The van der Waals surface area contributed by atoms with Gasteiger partial charge in [0.1, 0.15) is 0 Å². The maximum Gasteiger partial charge on any atom is 0.253 e. The van der Waals surface area contributed by atoms with Gasteiger partial charge in [0.2, 0.25) is 0 Å². The molecule has 0 radical (unpaired) electrons. The molecule has 118 valence electrons. The van der Waals surface area contributed by atoms with Crippen LogP contribution in [-0.2, 0) is 0 Å². The van der Waals surface area contributed by atoms with Crippen LogP contribution in [-0.4, -0.2) is 63.5 Å². The number of nitrogen functional groups attached to an aromatic ring is 1. The molecule has 0 aliphatic carbocycles. The molecule has 21 heavy (non-hydrogen) atoms. The Morgan fingerprint density at radius 3 is 2.29 bits per heavy atom. The fourth-order valence-corrected chi connectivity index (χ4v) is 2.26. The molecule has 0 spiro atoms. The van der Waals surface area contributed by atoms with E-state index in [1.165, 1.54) is 0 Å². The largest absolute Gasteiger partial charge is 0.397 e. The average molecular weight is 292 g/mol. The first-order valence-electron chi connectivity index (χ1n) is 7.37. The van der Waals surface area contributed by atoms with Gasteiger partial charge in [-0.2, -0.15) is 0 Å². The molecule has 0 aliphatic heterocycles. The Balaban J connectivity index is 2.78. The summed E-state index contributed by atoms with van der Waals surface area (Å²) in [5.74, 6) is 0.0493. The first-order chi connectivity index (χ1) is 9.86. The van der Waals surface area contributed by atoms with Crippen molar-refractivity contribution in [1.29, 1.82) is 0 Å². The maximum absolute atomic E-state index is 12.5. The molecule has 5 nitrogen and oxygen atoms in total. The molecule has 0 bridgehead atoms. The molecule has 0 aliphatic rings. The molecule has 0 aromatic heterocycles. The van der Waals surface area contributed by atoms with Crippen molar-refractivity contribution >= 4 is 17.3 Å². The molecular weight excluding hydrogens is 264 g/mol. The number of carbonyl (C=O) groups excluding carboxylic acids is 1. The first kappa shape index (κ1) is 17.3. The van der Waals surface area contributed by atoms with Crippen LogP contribution in [0.3, 0.4) is 0 Å². The van der Waals surface area contributed by atoms with Crippen LogP contribution < -0.4 is 10.6 Å². The molecular formula is C16H28N4O. The zero-order chi connectivity index (χ0) is 16.0. The number of anilines is 2. The van der Waals surface area contributed by atoms with Crippen molar-refractivity contribution in [3.05, 3.63) is 23.8 Å². The van der Waals surface area contributed by atoms with Crippen LogP contribution in [0.15, 0.2) is 18.2 Å². The molecule has 1 rings (SSSR count). The number of carbonyl (C=O) groups is 1. The van der Waals surface area contributed by atoms with Crippen LogP contribution in [0.4, 0.5) is 11.4 Å². The van der Waals surface area contributed by atoms with E-state index in [4.69, 9.17) is 5.73 Å². The summed E-state index contributed by atoms with van der Waals surface area (Å²) in [6.45, 7) is 4.46. The zero-order valence-electron chi connectivity index (χ0n) is 13.9. The van der Waals surface area contributed by atoms with Gasteiger partial charge in [-0.25, -0.2) is 0 Å². The summed E-state index contributed by atoms with van der Waals surface area (Å²) in [6.07, 6.45) is 0.970. The third-order valence-electron chi connectivity index (χ3n) is 3.46. The summed E-state index contributed by atoms with van der Waals surface area (Å²) in [7, 11) is 7.96. The Bertz CT molecular complexity index is 471. The van der Waals surface area contributed by atoms with Gasteiger partial charge in [0.15, 0.2) is 0 Å². The molecule has 0 unspecified atom stereocenters. The number of hydrogen-bond acceptors (Lipinski definition) is 4. The lowest BCUT2D eigenvalue weighted by Gasteiger charge is -2.23. The third-order valence-corrected chi connectivity index (χ3v) is 3.46. The van der Waals surface area contributed by atoms with E-state index in [0.717, 1.165) is 25.2 Å². The van der Waals surface area contributed by atoms with Crippen LogP contribution >= 0.6 is 0 Å². The number of nitrogens with two attached hydrogens (primary N) is 1. The van der Waals surface area contributed by atoms with E-state index in [0.29, 0.717) is 17.8 Å². The van der Waals surface area contributed by atoms with Crippen molar-refractivity contribution < 1.29 is 4.79 Å². The lowest BCUT2D eigenvalue weighted by molar-refractivity contribution is 0.0759. The van der Waals surface area contributed by atoms with Gasteiger partial charge >= 0.3 is 0 Å². The predicted octanol–water partition coefficient (Wildman–Crippen LogP) is 1.75. The lowest BCUT2D eigenvalue weighted by atomic mass is 10.1. The molecule has 0 saturated carbocycles. The van der Waals surface area contributed by atoms with Gasteiger partial charge in [-0.1, -0.05) is 0 Å². The van der Waals surface area contributed by atoms with Crippen LogP contribution in [0.25, 0.3) is 0 Å². The van der Waals surface area contributed by atoms with Crippen molar-refractivity contribution in [3.63, 3.8) is 0 Å². The van der Waals surface area contributed by atoms with E-state index in [1.807, 2.05) is 57.0 Å². The molecule has 1 aromatic carbocycles. The summed E-state index contributed by atoms with van der Waals surface area (Å²) in [6, 6.07) is 5.52. The van der Waals surface area contributed by atoms with E-state index < -0.39 is 0 Å². The van der Waals surface area contributed by atoms with Crippen molar-refractivity contribution in [3.8, 4) is 0 Å². The van der Waals surface area contributed by atoms with Crippen LogP contribution in [0.5, 0.6) is 0 Å². The van der Waals surface area contributed by atoms with Crippen molar-refractivity contribution in [2.24, 2.45) is 0 Å². The number of rotatable bonds is 7. The number of amides is 1. The fraction of sp³-hybridized carbons (Fsp3) is 0.562. The molecule has 0 atom stereocenters. The average Bonchev–Trinajstić information content (AvgIpc) is 2.42. The van der Waals surface area contributed by atoms with Gasteiger partial charge < -0.3 is 20.4 Å². The Morgan fingerprint density at radius 1 is 1.14 bits per heavy atom.